The zero-order chi connectivity index (χ0) is 21.5. The van der Waals surface area contributed by atoms with Crippen LogP contribution in [0.1, 0.15) is 0 Å². The fraction of sp³-hybridized carbons (Fsp3) is 0. The molecular formula is C30H18BNS. The Morgan fingerprint density at radius 1 is 0.515 bits per heavy atom. The number of anilines is 2. The first kappa shape index (κ1) is 17.7. The SMILES string of the molecule is c1ccc2c(c1)B1c3c(ccc4c3sc3ccccc34)-c3ccccc3N1c1ccccc1-2. The first-order valence-electron chi connectivity index (χ1n) is 11.4. The van der Waals surface area contributed by atoms with Crippen molar-refractivity contribution in [3.05, 3.63) is 109 Å². The molecule has 0 atom stereocenters. The van der Waals surface area contributed by atoms with Crippen LogP contribution in [0.15, 0.2) is 109 Å². The molecule has 1 nitrogen and oxygen atoms in total. The van der Waals surface area contributed by atoms with Crippen molar-refractivity contribution in [1.29, 1.82) is 0 Å². The summed E-state index contributed by atoms with van der Waals surface area (Å²) in [5.74, 6) is 0. The molecule has 0 bridgehead atoms. The molecule has 0 saturated carbocycles. The van der Waals surface area contributed by atoms with Gasteiger partial charge in [-0.1, -0.05) is 91.0 Å². The van der Waals surface area contributed by atoms with Gasteiger partial charge in [0.15, 0.2) is 0 Å². The number of hydrogen-bond acceptors (Lipinski definition) is 2. The molecule has 0 aliphatic carbocycles. The van der Waals surface area contributed by atoms with Gasteiger partial charge in [-0.15, -0.1) is 11.3 Å². The van der Waals surface area contributed by atoms with E-state index in [0.717, 1.165) is 0 Å². The zero-order valence-corrected chi connectivity index (χ0v) is 18.6. The minimum absolute atomic E-state index is 0.151. The molecule has 2 aliphatic heterocycles. The number of thiophene rings is 1. The highest BCUT2D eigenvalue weighted by atomic mass is 32.1. The fourth-order valence-corrected chi connectivity index (χ4v) is 7.23. The summed E-state index contributed by atoms with van der Waals surface area (Å²) in [5, 5.41) is 2.72. The molecule has 0 fully saturated rings. The largest absolute Gasteiger partial charge is 0.376 e. The third-order valence-electron chi connectivity index (χ3n) is 7.28. The predicted octanol–water partition coefficient (Wildman–Crippen LogP) is 6.96. The highest BCUT2D eigenvalue weighted by Gasteiger charge is 2.43. The van der Waals surface area contributed by atoms with E-state index >= 15 is 0 Å². The molecule has 1 aromatic heterocycles. The van der Waals surface area contributed by atoms with E-state index in [4.69, 9.17) is 0 Å². The number of benzene rings is 5. The minimum Gasteiger partial charge on any atom is -0.376 e. The molecule has 5 aromatic carbocycles. The summed E-state index contributed by atoms with van der Waals surface area (Å²) >= 11 is 1.94. The van der Waals surface area contributed by atoms with E-state index < -0.39 is 0 Å². The van der Waals surface area contributed by atoms with Gasteiger partial charge in [-0.05, 0) is 45.6 Å². The van der Waals surface area contributed by atoms with E-state index in [1.54, 1.807) is 0 Å². The maximum Gasteiger partial charge on any atom is 0.330 e. The summed E-state index contributed by atoms with van der Waals surface area (Å²) in [6.07, 6.45) is 0. The Kier molecular flexibility index (Phi) is 3.42. The summed E-state index contributed by atoms with van der Waals surface area (Å²) in [6.45, 7) is 0.151. The molecule has 6 aromatic rings. The Balaban J connectivity index is 1.58. The van der Waals surface area contributed by atoms with Gasteiger partial charge in [-0.25, -0.2) is 0 Å². The molecule has 0 N–H and O–H groups in total. The summed E-state index contributed by atoms with van der Waals surface area (Å²) in [6, 6.07) is 40.3. The van der Waals surface area contributed by atoms with Gasteiger partial charge in [-0.3, -0.25) is 0 Å². The number of rotatable bonds is 0. The Labute approximate surface area is 196 Å². The maximum absolute atomic E-state index is 2.58. The molecule has 152 valence electrons. The van der Waals surface area contributed by atoms with E-state index in [0.29, 0.717) is 0 Å². The van der Waals surface area contributed by atoms with Crippen molar-refractivity contribution in [2.75, 3.05) is 4.81 Å². The molecule has 2 aliphatic rings. The fourth-order valence-electron chi connectivity index (χ4n) is 5.95. The highest BCUT2D eigenvalue weighted by molar-refractivity contribution is 7.27. The second-order valence-corrected chi connectivity index (χ2v) is 9.95. The third-order valence-corrected chi connectivity index (χ3v) is 8.50. The molecule has 3 heteroatoms. The summed E-state index contributed by atoms with van der Waals surface area (Å²) in [7, 11) is 0. The standard InChI is InChI=1S/C30H18BNS/c1-5-13-25-19(9-1)20-10-2-6-14-26(20)32-27-15-7-3-11-21(27)23-17-18-24-22-12-4-8-16-28(22)33-30(24)29(23)31(25)32/h1-18H. The molecule has 3 heterocycles. The first-order chi connectivity index (χ1) is 16.4. The predicted molar refractivity (Wildman–Crippen MR) is 144 cm³/mol. The smallest absolute Gasteiger partial charge is 0.330 e. The van der Waals surface area contributed by atoms with Gasteiger partial charge < -0.3 is 4.81 Å². The molecule has 0 radical (unpaired) electrons. The van der Waals surface area contributed by atoms with Gasteiger partial charge >= 0.3 is 6.85 Å². The van der Waals surface area contributed by atoms with Crippen molar-refractivity contribution in [1.82, 2.24) is 0 Å². The number of nitrogens with zero attached hydrogens (tertiary/aromatic N) is 1. The van der Waals surface area contributed by atoms with Crippen LogP contribution in [-0.4, -0.2) is 6.85 Å². The number of fused-ring (bicyclic) bond motifs is 15. The quantitative estimate of drug-likeness (QED) is 0.233. The van der Waals surface area contributed by atoms with Crippen molar-refractivity contribution < 1.29 is 0 Å². The summed E-state index contributed by atoms with van der Waals surface area (Å²) in [4.78, 5) is 2.58. The van der Waals surface area contributed by atoms with Crippen LogP contribution in [0.2, 0.25) is 0 Å². The Bertz CT molecular complexity index is 1750. The lowest BCUT2D eigenvalue weighted by atomic mass is 9.43. The van der Waals surface area contributed by atoms with Crippen LogP contribution in [0.5, 0.6) is 0 Å². The summed E-state index contributed by atoms with van der Waals surface area (Å²) in [5.41, 5.74) is 10.7. The average molecular weight is 435 g/mol. The van der Waals surface area contributed by atoms with Crippen LogP contribution in [-0.2, 0) is 0 Å². The van der Waals surface area contributed by atoms with Gasteiger partial charge in [0.2, 0.25) is 0 Å². The molecule has 33 heavy (non-hydrogen) atoms. The first-order valence-corrected chi connectivity index (χ1v) is 12.2. The van der Waals surface area contributed by atoms with Gasteiger partial charge in [0, 0.05) is 37.3 Å². The lowest BCUT2D eigenvalue weighted by Crippen LogP contribution is -2.59. The van der Waals surface area contributed by atoms with Crippen molar-refractivity contribution in [3.63, 3.8) is 0 Å². The lowest BCUT2D eigenvalue weighted by Gasteiger charge is -2.43. The molecular weight excluding hydrogens is 417 g/mol. The van der Waals surface area contributed by atoms with Crippen LogP contribution >= 0.6 is 11.3 Å². The van der Waals surface area contributed by atoms with Crippen molar-refractivity contribution >= 4 is 60.7 Å². The van der Waals surface area contributed by atoms with Crippen molar-refractivity contribution in [2.45, 2.75) is 0 Å². The molecule has 0 unspecified atom stereocenters. The second kappa shape index (κ2) is 6.37. The van der Waals surface area contributed by atoms with Gasteiger partial charge in [-0.2, -0.15) is 0 Å². The molecule has 0 spiro atoms. The molecule has 8 rings (SSSR count). The zero-order valence-electron chi connectivity index (χ0n) is 17.8. The molecule has 0 saturated heterocycles. The van der Waals surface area contributed by atoms with Crippen LogP contribution < -0.4 is 15.7 Å². The van der Waals surface area contributed by atoms with Gasteiger partial charge in [0.1, 0.15) is 0 Å². The number of para-hydroxylation sites is 2. The average Bonchev–Trinajstić information content (AvgIpc) is 3.27. The normalized spacial score (nSPS) is 13.3. The minimum atomic E-state index is 0.151. The maximum atomic E-state index is 2.58. The number of hydrogen-bond donors (Lipinski definition) is 0. The molecule has 0 amide bonds. The Morgan fingerprint density at radius 2 is 1.15 bits per heavy atom. The third kappa shape index (κ3) is 2.23. The van der Waals surface area contributed by atoms with Crippen molar-refractivity contribution in [3.8, 4) is 22.3 Å². The van der Waals surface area contributed by atoms with Crippen molar-refractivity contribution in [2.24, 2.45) is 0 Å². The van der Waals surface area contributed by atoms with E-state index in [1.165, 1.54) is 64.7 Å². The summed E-state index contributed by atoms with van der Waals surface area (Å²) < 4.78 is 2.77. The van der Waals surface area contributed by atoms with E-state index in [-0.39, 0.29) is 6.85 Å². The lowest BCUT2D eigenvalue weighted by molar-refractivity contribution is 1.35. The highest BCUT2D eigenvalue weighted by Crippen LogP contribution is 2.47. The van der Waals surface area contributed by atoms with Crippen LogP contribution in [0.25, 0.3) is 42.4 Å². The van der Waals surface area contributed by atoms with Gasteiger partial charge in [0.05, 0.1) is 0 Å². The van der Waals surface area contributed by atoms with Crippen LogP contribution in [0.3, 0.4) is 0 Å². The van der Waals surface area contributed by atoms with E-state index in [2.05, 4.69) is 114 Å². The van der Waals surface area contributed by atoms with E-state index in [1.807, 2.05) is 11.3 Å². The Morgan fingerprint density at radius 3 is 1.97 bits per heavy atom. The topological polar surface area (TPSA) is 3.24 Å². The Hall–Kier alpha value is -3.82. The van der Waals surface area contributed by atoms with Crippen LogP contribution in [0.4, 0.5) is 11.4 Å². The van der Waals surface area contributed by atoms with Gasteiger partial charge in [0.25, 0.3) is 0 Å². The monoisotopic (exact) mass is 435 g/mol. The second-order valence-electron chi connectivity index (χ2n) is 8.90. The van der Waals surface area contributed by atoms with Crippen LogP contribution in [0, 0.1) is 0 Å². The van der Waals surface area contributed by atoms with E-state index in [9.17, 15) is 0 Å².